The lowest BCUT2D eigenvalue weighted by atomic mass is 10.0. The summed E-state index contributed by atoms with van der Waals surface area (Å²) >= 11 is 4.87. The lowest BCUT2D eigenvalue weighted by molar-refractivity contribution is -0.199. The minimum atomic E-state index is -4.64. The van der Waals surface area contributed by atoms with Crippen LogP contribution in [0.2, 0.25) is 0 Å². The van der Waals surface area contributed by atoms with E-state index >= 15 is 0 Å². The van der Waals surface area contributed by atoms with Gasteiger partial charge < -0.3 is 10.2 Å². The highest BCUT2D eigenvalue weighted by Crippen LogP contribution is 2.59. The summed E-state index contributed by atoms with van der Waals surface area (Å²) in [5.41, 5.74) is -2.31. The van der Waals surface area contributed by atoms with Crippen LogP contribution < -0.4 is 5.32 Å². The molecule has 4 rings (SSSR count). The molecule has 0 radical (unpaired) electrons. The average molecular weight is 516 g/mol. The molecule has 1 aromatic carbocycles. The zero-order valence-electron chi connectivity index (χ0n) is 16.8. The van der Waals surface area contributed by atoms with Gasteiger partial charge in [-0.25, -0.2) is 0 Å². The number of halogens is 4. The number of nitrogens with one attached hydrogen (secondary N) is 1. The van der Waals surface area contributed by atoms with Crippen molar-refractivity contribution in [3.05, 3.63) is 28.2 Å². The van der Waals surface area contributed by atoms with Crippen molar-refractivity contribution in [3.63, 3.8) is 0 Å². The molecule has 2 saturated carbocycles. The summed E-state index contributed by atoms with van der Waals surface area (Å²) in [6, 6.07) is 6.78. The zero-order chi connectivity index (χ0) is 22.6. The maximum absolute atomic E-state index is 13.6. The Bertz CT molecular complexity index is 970. The van der Waals surface area contributed by atoms with Gasteiger partial charge >= 0.3 is 6.18 Å². The molecule has 0 aromatic heterocycles. The second kappa shape index (κ2) is 7.69. The highest BCUT2D eigenvalue weighted by molar-refractivity contribution is 9.10. The number of alkyl halides is 3. The molecule has 1 heterocycles. The van der Waals surface area contributed by atoms with Crippen molar-refractivity contribution in [2.45, 2.75) is 66.9 Å². The summed E-state index contributed by atoms with van der Waals surface area (Å²) in [5.74, 6) is -1.56. The number of carbonyl (C=O) groups excluding carboxylic acids is 2. The summed E-state index contributed by atoms with van der Waals surface area (Å²) in [6.45, 7) is 2.00. The molecule has 0 bridgehead atoms. The van der Waals surface area contributed by atoms with E-state index in [1.807, 2.05) is 25.1 Å². The standard InChI is InChI=1S/C21H21BrF3N3O2S/c1-12-8-13(22)2-3-16(12)31-14-9-15(17(29)27-19(11-26)4-5-19)28(10-14)18(30)20(6-7-20)21(23,24)25/h2-3,8,14-15H,4-7,9-10H2,1H3,(H,27,29)/t14-,15+/m1/s1. The van der Waals surface area contributed by atoms with Crippen molar-refractivity contribution in [1.29, 1.82) is 5.26 Å². The molecule has 0 spiro atoms. The van der Waals surface area contributed by atoms with Crippen molar-refractivity contribution in [1.82, 2.24) is 10.2 Å². The molecule has 10 heteroatoms. The fraction of sp³-hybridized carbons (Fsp3) is 0.571. The SMILES string of the molecule is Cc1cc(Br)ccc1S[C@@H]1C[C@@H](C(=O)NC2(C#N)CC2)N(C(=O)C2(C(F)(F)F)CC2)C1. The molecule has 0 unspecified atom stereocenters. The number of likely N-dealkylation sites (tertiary alicyclic amines) is 1. The number of hydrogen-bond donors (Lipinski definition) is 1. The molecular formula is C21H21BrF3N3O2S. The Morgan fingerprint density at radius 2 is 1.97 bits per heavy atom. The molecule has 1 N–H and O–H groups in total. The van der Waals surface area contributed by atoms with Crippen LogP contribution in [0.5, 0.6) is 0 Å². The molecule has 2 amide bonds. The van der Waals surface area contributed by atoms with Gasteiger partial charge in [-0.1, -0.05) is 15.9 Å². The number of benzene rings is 1. The first-order valence-electron chi connectivity index (χ1n) is 10.0. The molecule has 1 aromatic rings. The number of amides is 2. The van der Waals surface area contributed by atoms with Crippen LogP contribution in [0, 0.1) is 23.7 Å². The van der Waals surface area contributed by atoms with Crippen molar-refractivity contribution in [2.24, 2.45) is 5.41 Å². The fourth-order valence-corrected chi connectivity index (χ4v) is 5.75. The number of aryl methyl sites for hydroxylation is 1. The van der Waals surface area contributed by atoms with E-state index in [-0.39, 0.29) is 31.1 Å². The highest BCUT2D eigenvalue weighted by atomic mass is 79.9. The van der Waals surface area contributed by atoms with Crippen molar-refractivity contribution in [3.8, 4) is 6.07 Å². The molecule has 1 saturated heterocycles. The third-order valence-electron chi connectivity index (χ3n) is 6.29. The Kier molecular flexibility index (Phi) is 5.58. The van der Waals surface area contributed by atoms with Crippen molar-refractivity contribution >= 4 is 39.5 Å². The third kappa shape index (κ3) is 4.19. The van der Waals surface area contributed by atoms with E-state index in [1.54, 1.807) is 0 Å². The van der Waals surface area contributed by atoms with E-state index in [0.29, 0.717) is 12.8 Å². The largest absolute Gasteiger partial charge is 0.403 e. The van der Waals surface area contributed by atoms with Crippen molar-refractivity contribution < 1.29 is 22.8 Å². The number of nitrogens with zero attached hydrogens (tertiary/aromatic N) is 2. The second-order valence-electron chi connectivity index (χ2n) is 8.62. The van der Waals surface area contributed by atoms with Gasteiger partial charge in [0.1, 0.15) is 17.0 Å². The minimum absolute atomic E-state index is 0.0640. The predicted octanol–water partition coefficient (Wildman–Crippen LogP) is 4.33. The van der Waals surface area contributed by atoms with E-state index in [1.165, 1.54) is 11.8 Å². The first-order chi connectivity index (χ1) is 14.5. The van der Waals surface area contributed by atoms with Crippen molar-refractivity contribution in [2.75, 3.05) is 6.54 Å². The summed E-state index contributed by atoms with van der Waals surface area (Å²) < 4.78 is 41.7. The molecule has 5 nitrogen and oxygen atoms in total. The molecule has 1 aliphatic heterocycles. The van der Waals surface area contributed by atoms with Crippen LogP contribution in [-0.2, 0) is 9.59 Å². The minimum Gasteiger partial charge on any atom is -0.336 e. The number of hydrogen-bond acceptors (Lipinski definition) is 4. The van der Waals surface area contributed by atoms with Crippen LogP contribution >= 0.6 is 27.7 Å². The molecule has 2 aliphatic carbocycles. The monoisotopic (exact) mass is 515 g/mol. The Labute approximate surface area is 190 Å². The summed E-state index contributed by atoms with van der Waals surface area (Å²) in [7, 11) is 0. The number of thioether (sulfide) groups is 1. The molecule has 2 atom stereocenters. The first kappa shape index (κ1) is 22.5. The third-order valence-corrected chi connectivity index (χ3v) is 8.17. The van der Waals surface area contributed by atoms with Crippen LogP contribution in [-0.4, -0.2) is 46.3 Å². The van der Waals surface area contributed by atoms with E-state index < -0.39 is 35.0 Å². The topological polar surface area (TPSA) is 73.2 Å². The molecular weight excluding hydrogens is 495 g/mol. The van der Waals surface area contributed by atoms with Crippen LogP contribution in [0.25, 0.3) is 0 Å². The normalized spacial score (nSPS) is 25.6. The Balaban J connectivity index is 1.56. The predicted molar refractivity (Wildman–Crippen MR) is 112 cm³/mol. The van der Waals surface area contributed by atoms with E-state index in [0.717, 1.165) is 19.8 Å². The van der Waals surface area contributed by atoms with E-state index in [2.05, 4.69) is 27.3 Å². The summed E-state index contributed by atoms with van der Waals surface area (Å²) in [4.78, 5) is 28.0. The molecule has 3 fully saturated rings. The van der Waals surface area contributed by atoms with Crippen LogP contribution in [0.4, 0.5) is 13.2 Å². The molecule has 31 heavy (non-hydrogen) atoms. The van der Waals surface area contributed by atoms with E-state index in [4.69, 9.17) is 0 Å². The smallest absolute Gasteiger partial charge is 0.336 e. The second-order valence-corrected chi connectivity index (χ2v) is 10.9. The lowest BCUT2D eigenvalue weighted by Crippen LogP contribution is -2.53. The number of carbonyl (C=O) groups is 2. The molecule has 166 valence electrons. The summed E-state index contributed by atoms with van der Waals surface area (Å²) in [6.07, 6.45) is -3.86. The van der Waals surface area contributed by atoms with Gasteiger partial charge in [-0.05, 0) is 62.8 Å². The zero-order valence-corrected chi connectivity index (χ0v) is 19.2. The maximum atomic E-state index is 13.6. The van der Waals surface area contributed by atoms with Gasteiger partial charge in [0.25, 0.3) is 0 Å². The molecule has 3 aliphatic rings. The van der Waals surface area contributed by atoms with Gasteiger partial charge in [0.2, 0.25) is 11.8 Å². The fourth-order valence-electron chi connectivity index (χ4n) is 4.01. The van der Waals surface area contributed by atoms with Crippen LogP contribution in [0.15, 0.2) is 27.6 Å². The Hall–Kier alpha value is -1.73. The van der Waals surface area contributed by atoms with Crippen LogP contribution in [0.3, 0.4) is 0 Å². The summed E-state index contributed by atoms with van der Waals surface area (Å²) in [5, 5.41) is 11.7. The van der Waals surface area contributed by atoms with Gasteiger partial charge in [0, 0.05) is 21.2 Å². The quantitative estimate of drug-likeness (QED) is 0.633. The first-order valence-corrected chi connectivity index (χ1v) is 11.7. The van der Waals surface area contributed by atoms with Crippen LogP contribution in [0.1, 0.15) is 37.7 Å². The number of rotatable bonds is 5. The number of nitriles is 1. The maximum Gasteiger partial charge on any atom is 0.403 e. The highest BCUT2D eigenvalue weighted by Gasteiger charge is 2.70. The van der Waals surface area contributed by atoms with Gasteiger partial charge in [-0.15, -0.1) is 11.8 Å². The lowest BCUT2D eigenvalue weighted by Gasteiger charge is -2.29. The average Bonchev–Trinajstić information content (AvgIpc) is 3.61. The van der Waals surface area contributed by atoms with Gasteiger partial charge in [-0.2, -0.15) is 18.4 Å². The Morgan fingerprint density at radius 1 is 1.29 bits per heavy atom. The van der Waals surface area contributed by atoms with Gasteiger partial charge in [-0.3, -0.25) is 9.59 Å². The van der Waals surface area contributed by atoms with E-state index in [9.17, 15) is 28.0 Å². The van der Waals surface area contributed by atoms with Gasteiger partial charge in [0.05, 0.1) is 6.07 Å². The van der Waals surface area contributed by atoms with Gasteiger partial charge in [0.15, 0.2) is 0 Å². The Morgan fingerprint density at radius 3 is 2.48 bits per heavy atom.